The molecule has 0 saturated heterocycles. The van der Waals surface area contributed by atoms with Crippen LogP contribution in [0.25, 0.3) is 11.4 Å². The fraction of sp³-hybridized carbons (Fsp3) is 0.250. The first-order chi connectivity index (χ1) is 6.79. The summed E-state index contributed by atoms with van der Waals surface area (Å²) in [5.74, 6) is 0.928. The van der Waals surface area contributed by atoms with Crippen molar-refractivity contribution in [2.24, 2.45) is 0 Å². The number of aryl methyl sites for hydroxylation is 2. The van der Waals surface area contributed by atoms with Crippen molar-refractivity contribution in [3.8, 4) is 11.4 Å². The number of aromatic nitrogens is 2. The van der Waals surface area contributed by atoms with E-state index in [-0.39, 0.29) is 0 Å². The van der Waals surface area contributed by atoms with Gasteiger partial charge < -0.3 is 4.98 Å². The number of imidazole rings is 1. The average Bonchev–Trinajstić information content (AvgIpc) is 2.69. The van der Waals surface area contributed by atoms with Crippen molar-refractivity contribution in [2.75, 3.05) is 0 Å². The number of hydrogen-bond donors (Lipinski definition) is 1. The van der Waals surface area contributed by atoms with Crippen LogP contribution in [0.15, 0.2) is 24.5 Å². The van der Waals surface area contributed by atoms with Crippen LogP contribution in [0.5, 0.6) is 0 Å². The summed E-state index contributed by atoms with van der Waals surface area (Å²) in [4.78, 5) is 7.34. The van der Waals surface area contributed by atoms with E-state index in [9.17, 15) is 0 Å². The molecule has 0 amide bonds. The van der Waals surface area contributed by atoms with Crippen LogP contribution >= 0.6 is 0 Å². The van der Waals surface area contributed by atoms with Crippen molar-refractivity contribution in [2.45, 2.75) is 20.3 Å². The minimum Gasteiger partial charge on any atom is -0.345 e. The number of H-pyrrole nitrogens is 1. The van der Waals surface area contributed by atoms with Gasteiger partial charge in [0.05, 0.1) is 0 Å². The van der Waals surface area contributed by atoms with E-state index in [1.165, 1.54) is 5.56 Å². The highest BCUT2D eigenvalue weighted by atomic mass is 14.9. The highest BCUT2D eigenvalue weighted by Gasteiger charge is 2.02. The lowest BCUT2D eigenvalue weighted by Gasteiger charge is -2.02. The number of rotatable bonds is 2. The first kappa shape index (κ1) is 9.00. The maximum absolute atomic E-state index is 4.23. The van der Waals surface area contributed by atoms with Crippen LogP contribution in [0.2, 0.25) is 0 Å². The lowest BCUT2D eigenvalue weighted by molar-refractivity contribution is 1.12. The topological polar surface area (TPSA) is 28.7 Å². The Morgan fingerprint density at radius 2 is 2.29 bits per heavy atom. The predicted molar refractivity (Wildman–Crippen MR) is 57.0 cm³/mol. The van der Waals surface area contributed by atoms with E-state index < -0.39 is 0 Å². The molecule has 0 atom stereocenters. The molecule has 2 heteroatoms. The fourth-order valence-corrected chi connectivity index (χ4v) is 1.54. The van der Waals surface area contributed by atoms with E-state index >= 15 is 0 Å². The molecule has 1 radical (unpaired) electrons. The highest BCUT2D eigenvalue weighted by Crippen LogP contribution is 2.18. The first-order valence-corrected chi connectivity index (χ1v) is 4.82. The third-order valence-electron chi connectivity index (χ3n) is 2.21. The van der Waals surface area contributed by atoms with E-state index in [0.717, 1.165) is 23.4 Å². The van der Waals surface area contributed by atoms with Gasteiger partial charge >= 0.3 is 0 Å². The molecule has 0 unspecified atom stereocenters. The Labute approximate surface area is 84.0 Å². The largest absolute Gasteiger partial charge is 0.345 e. The van der Waals surface area contributed by atoms with Crippen LogP contribution in [-0.4, -0.2) is 9.97 Å². The molecule has 14 heavy (non-hydrogen) atoms. The van der Waals surface area contributed by atoms with Gasteiger partial charge in [-0.1, -0.05) is 6.92 Å². The maximum atomic E-state index is 4.23. The third kappa shape index (κ3) is 1.69. The summed E-state index contributed by atoms with van der Waals surface area (Å²) in [6, 6.07) is 7.54. The highest BCUT2D eigenvalue weighted by molar-refractivity contribution is 5.57. The molecule has 1 aromatic heterocycles. The van der Waals surface area contributed by atoms with Gasteiger partial charge in [-0.05, 0) is 42.7 Å². The summed E-state index contributed by atoms with van der Waals surface area (Å²) < 4.78 is 0. The lowest BCUT2D eigenvalue weighted by atomic mass is 10.0. The van der Waals surface area contributed by atoms with Crippen molar-refractivity contribution in [3.05, 3.63) is 41.7 Å². The zero-order valence-electron chi connectivity index (χ0n) is 8.46. The molecule has 1 N–H and O–H groups in total. The fourth-order valence-electron chi connectivity index (χ4n) is 1.54. The molecule has 2 aromatic rings. The Kier molecular flexibility index (Phi) is 2.35. The van der Waals surface area contributed by atoms with Crippen LogP contribution in [0.1, 0.15) is 18.1 Å². The number of aromatic amines is 1. The first-order valence-electron chi connectivity index (χ1n) is 4.82. The quantitative estimate of drug-likeness (QED) is 0.765. The molecule has 0 saturated carbocycles. The van der Waals surface area contributed by atoms with Crippen molar-refractivity contribution in [1.82, 2.24) is 9.97 Å². The van der Waals surface area contributed by atoms with Crippen LogP contribution in [0.4, 0.5) is 0 Å². The molecule has 0 fully saturated rings. The van der Waals surface area contributed by atoms with Gasteiger partial charge in [-0.15, -0.1) is 0 Å². The van der Waals surface area contributed by atoms with E-state index in [1.807, 2.05) is 6.20 Å². The lowest BCUT2D eigenvalue weighted by Crippen LogP contribution is -1.87. The minimum absolute atomic E-state index is 0.928. The average molecular weight is 185 g/mol. The second-order valence-electron chi connectivity index (χ2n) is 3.37. The Hall–Kier alpha value is -1.57. The van der Waals surface area contributed by atoms with Crippen LogP contribution in [-0.2, 0) is 6.42 Å². The molecule has 2 rings (SSSR count). The van der Waals surface area contributed by atoms with Crippen molar-refractivity contribution >= 4 is 0 Å². The molecular weight excluding hydrogens is 172 g/mol. The standard InChI is InChI=1S/C12H13N2/c1-3-10-6-9(2)7-11(8-10)12-13-4-5-14-12/h4-5,7-8H,3H2,1-2H3,(H,13,14). The van der Waals surface area contributed by atoms with Gasteiger partial charge in [0.25, 0.3) is 0 Å². The van der Waals surface area contributed by atoms with E-state index in [4.69, 9.17) is 0 Å². The molecule has 0 bridgehead atoms. The molecule has 2 nitrogen and oxygen atoms in total. The molecule has 0 aliphatic carbocycles. The summed E-state index contributed by atoms with van der Waals surface area (Å²) in [6.07, 6.45) is 4.62. The van der Waals surface area contributed by atoms with Crippen LogP contribution < -0.4 is 0 Å². The van der Waals surface area contributed by atoms with Gasteiger partial charge in [-0.3, -0.25) is 0 Å². The Bertz CT molecular complexity index is 416. The van der Waals surface area contributed by atoms with Crippen molar-refractivity contribution in [3.63, 3.8) is 0 Å². The third-order valence-corrected chi connectivity index (χ3v) is 2.21. The summed E-state index contributed by atoms with van der Waals surface area (Å²) in [5.41, 5.74) is 3.54. The van der Waals surface area contributed by atoms with Gasteiger partial charge in [0.15, 0.2) is 0 Å². The maximum Gasteiger partial charge on any atom is 0.137 e. The van der Waals surface area contributed by atoms with E-state index in [2.05, 4.69) is 42.0 Å². The number of nitrogens with zero attached hydrogens (tertiary/aromatic N) is 1. The summed E-state index contributed by atoms with van der Waals surface area (Å²) >= 11 is 0. The molecule has 1 heterocycles. The van der Waals surface area contributed by atoms with Gasteiger partial charge in [0.1, 0.15) is 5.82 Å². The molecule has 0 aliphatic heterocycles. The zero-order valence-corrected chi connectivity index (χ0v) is 8.46. The zero-order chi connectivity index (χ0) is 9.97. The summed E-state index contributed by atoms with van der Waals surface area (Å²) in [7, 11) is 0. The van der Waals surface area contributed by atoms with Gasteiger partial charge in [0, 0.05) is 18.0 Å². The normalized spacial score (nSPS) is 10.4. The van der Waals surface area contributed by atoms with E-state index in [0.29, 0.717) is 0 Å². The molecule has 0 aliphatic rings. The molecule has 0 spiro atoms. The summed E-state index contributed by atoms with van der Waals surface area (Å²) in [6.45, 7) is 4.20. The molecule has 1 aromatic carbocycles. The Balaban J connectivity index is 2.48. The number of hydrogen-bond acceptors (Lipinski definition) is 1. The Morgan fingerprint density at radius 3 is 2.93 bits per heavy atom. The van der Waals surface area contributed by atoms with Crippen LogP contribution in [0.3, 0.4) is 0 Å². The number of benzene rings is 1. The van der Waals surface area contributed by atoms with E-state index in [1.54, 1.807) is 6.20 Å². The van der Waals surface area contributed by atoms with Crippen molar-refractivity contribution < 1.29 is 0 Å². The number of nitrogens with one attached hydrogen (secondary N) is 1. The van der Waals surface area contributed by atoms with Gasteiger partial charge in [-0.25, -0.2) is 4.98 Å². The SMILES string of the molecule is CCc1[c]c(C)cc(-c2ncc[nH]2)c1. The molecule has 71 valence electrons. The second kappa shape index (κ2) is 3.66. The van der Waals surface area contributed by atoms with Gasteiger partial charge in [-0.2, -0.15) is 0 Å². The molecular formula is C12H13N2. The monoisotopic (exact) mass is 185 g/mol. The van der Waals surface area contributed by atoms with Gasteiger partial charge in [0.2, 0.25) is 0 Å². The van der Waals surface area contributed by atoms with Crippen molar-refractivity contribution in [1.29, 1.82) is 0 Å². The summed E-state index contributed by atoms with van der Waals surface area (Å²) in [5, 5.41) is 0. The smallest absolute Gasteiger partial charge is 0.137 e. The predicted octanol–water partition coefficient (Wildman–Crippen LogP) is 2.75. The second-order valence-corrected chi connectivity index (χ2v) is 3.37. The van der Waals surface area contributed by atoms with Crippen LogP contribution in [0, 0.1) is 13.0 Å². The Morgan fingerprint density at radius 1 is 1.43 bits per heavy atom. The minimum atomic E-state index is 0.928.